The predicted octanol–water partition coefficient (Wildman–Crippen LogP) is 5.09. The van der Waals surface area contributed by atoms with Crippen LogP contribution in [0, 0.1) is 0 Å². The smallest absolute Gasteiger partial charge is 0.0857 e. The quantitative estimate of drug-likeness (QED) is 0.558. The van der Waals surface area contributed by atoms with Crippen molar-refractivity contribution in [3.05, 3.63) is 40.9 Å². The average molecular weight is 295 g/mol. The molecule has 19 heavy (non-hydrogen) atoms. The van der Waals surface area contributed by atoms with Gasteiger partial charge in [0.05, 0.1) is 14.2 Å². The Balaban J connectivity index is 2.76. The van der Waals surface area contributed by atoms with Gasteiger partial charge in [0.25, 0.3) is 0 Å². The van der Waals surface area contributed by atoms with Crippen LogP contribution in [0.25, 0.3) is 0 Å². The summed E-state index contributed by atoms with van der Waals surface area (Å²) in [6.07, 6.45) is 4.80. The summed E-state index contributed by atoms with van der Waals surface area (Å²) >= 11 is 1.87. The molecule has 1 aromatic carbocycles. The number of aliphatic hydroxyl groups excluding tert-OH is 1. The molecular formula is C16H26OSSi. The summed E-state index contributed by atoms with van der Waals surface area (Å²) < 4.78 is 1.47. The van der Waals surface area contributed by atoms with E-state index >= 15 is 0 Å². The lowest BCUT2D eigenvalue weighted by atomic mass is 10.1. The Bertz CT molecular complexity index is 395. The largest absolute Gasteiger partial charge is 0.393 e. The summed E-state index contributed by atoms with van der Waals surface area (Å²) in [7, 11) is -1.35. The molecule has 0 saturated heterocycles. The zero-order valence-electron chi connectivity index (χ0n) is 12.5. The molecule has 1 N–H and O–H groups in total. The van der Waals surface area contributed by atoms with Crippen molar-refractivity contribution in [1.29, 1.82) is 0 Å². The van der Waals surface area contributed by atoms with Gasteiger partial charge in [-0.15, -0.1) is 0 Å². The maximum atomic E-state index is 9.89. The lowest BCUT2D eigenvalue weighted by Crippen LogP contribution is -2.22. The summed E-state index contributed by atoms with van der Waals surface area (Å²) in [5.74, 6) is 0. The van der Waals surface area contributed by atoms with Gasteiger partial charge in [0.2, 0.25) is 0 Å². The number of hydrogen-bond donors (Lipinski definition) is 1. The maximum absolute atomic E-state index is 9.89. The van der Waals surface area contributed by atoms with Crippen LogP contribution in [0.1, 0.15) is 26.2 Å². The lowest BCUT2D eigenvalue weighted by molar-refractivity contribution is 0.167. The highest BCUT2D eigenvalue weighted by molar-refractivity contribution is 8.05. The number of rotatable bonds is 7. The van der Waals surface area contributed by atoms with E-state index in [0.29, 0.717) is 0 Å². The molecule has 0 aromatic heterocycles. The molecule has 0 heterocycles. The minimum Gasteiger partial charge on any atom is -0.393 e. The first-order chi connectivity index (χ1) is 8.93. The van der Waals surface area contributed by atoms with Crippen LogP contribution in [0.5, 0.6) is 0 Å². The Morgan fingerprint density at radius 1 is 1.26 bits per heavy atom. The summed E-state index contributed by atoms with van der Waals surface area (Å²) in [4.78, 5) is 1.29. The van der Waals surface area contributed by atoms with Crippen molar-refractivity contribution in [2.45, 2.75) is 56.8 Å². The van der Waals surface area contributed by atoms with Crippen LogP contribution < -0.4 is 0 Å². The van der Waals surface area contributed by atoms with Crippen LogP contribution >= 0.6 is 11.8 Å². The summed E-state index contributed by atoms with van der Waals surface area (Å²) in [5.41, 5.74) is 0. The highest BCUT2D eigenvalue weighted by Crippen LogP contribution is 2.33. The minimum absolute atomic E-state index is 0.187. The zero-order chi connectivity index (χ0) is 14.3. The third kappa shape index (κ3) is 6.46. The van der Waals surface area contributed by atoms with E-state index in [0.717, 1.165) is 19.3 Å². The van der Waals surface area contributed by atoms with Gasteiger partial charge in [-0.2, -0.15) is 0 Å². The summed E-state index contributed by atoms with van der Waals surface area (Å²) in [6.45, 7) is 9.20. The summed E-state index contributed by atoms with van der Waals surface area (Å²) in [6, 6.07) is 10.5. The molecule has 0 spiro atoms. The van der Waals surface area contributed by atoms with Gasteiger partial charge in [-0.25, -0.2) is 0 Å². The van der Waals surface area contributed by atoms with E-state index in [4.69, 9.17) is 0 Å². The molecule has 0 aliphatic carbocycles. The second-order valence-corrected chi connectivity index (χ2v) is 12.4. The Morgan fingerprint density at radius 2 is 1.89 bits per heavy atom. The van der Waals surface area contributed by atoms with E-state index in [1.54, 1.807) is 0 Å². The Morgan fingerprint density at radius 3 is 2.42 bits per heavy atom. The van der Waals surface area contributed by atoms with Gasteiger partial charge in [-0.05, 0) is 29.5 Å². The van der Waals surface area contributed by atoms with Gasteiger partial charge < -0.3 is 5.11 Å². The van der Waals surface area contributed by atoms with E-state index in [2.05, 4.69) is 56.9 Å². The first-order valence-electron chi connectivity index (χ1n) is 7.05. The molecule has 0 radical (unpaired) electrons. The molecule has 0 fully saturated rings. The Kier molecular flexibility index (Phi) is 6.90. The molecule has 1 rings (SSSR count). The van der Waals surface area contributed by atoms with Crippen LogP contribution in [0.15, 0.2) is 45.8 Å². The van der Waals surface area contributed by atoms with Crippen LogP contribution in [-0.2, 0) is 0 Å². The van der Waals surface area contributed by atoms with Gasteiger partial charge in [0.1, 0.15) is 0 Å². The molecular weight excluding hydrogens is 268 g/mol. The molecule has 3 heteroatoms. The summed E-state index contributed by atoms with van der Waals surface area (Å²) in [5, 5.41) is 9.89. The second-order valence-electron chi connectivity index (χ2n) is 5.91. The van der Waals surface area contributed by atoms with Crippen molar-refractivity contribution in [1.82, 2.24) is 0 Å². The van der Waals surface area contributed by atoms with Crippen LogP contribution in [-0.4, -0.2) is 19.3 Å². The first kappa shape index (κ1) is 16.5. The first-order valence-corrected chi connectivity index (χ1v) is 11.4. The monoisotopic (exact) mass is 294 g/mol. The molecule has 1 atom stereocenters. The van der Waals surface area contributed by atoms with Crippen LogP contribution in [0.4, 0.5) is 0 Å². The van der Waals surface area contributed by atoms with E-state index in [1.165, 1.54) is 9.42 Å². The van der Waals surface area contributed by atoms with Gasteiger partial charge in [-0.3, -0.25) is 0 Å². The second kappa shape index (κ2) is 7.93. The fraction of sp³-hybridized carbons (Fsp3) is 0.500. The topological polar surface area (TPSA) is 20.2 Å². The van der Waals surface area contributed by atoms with Crippen LogP contribution in [0.3, 0.4) is 0 Å². The number of aliphatic hydroxyl groups is 1. The third-order valence-electron chi connectivity index (χ3n) is 2.91. The fourth-order valence-electron chi connectivity index (χ4n) is 1.81. The third-order valence-corrected chi connectivity index (χ3v) is 7.63. The lowest BCUT2D eigenvalue weighted by Gasteiger charge is -2.21. The van der Waals surface area contributed by atoms with E-state index in [1.807, 2.05) is 17.8 Å². The molecule has 0 saturated carbocycles. The molecule has 0 aliphatic rings. The molecule has 1 nitrogen and oxygen atoms in total. The fourth-order valence-corrected chi connectivity index (χ4v) is 4.85. The van der Waals surface area contributed by atoms with Crippen molar-refractivity contribution >= 4 is 19.8 Å². The van der Waals surface area contributed by atoms with Gasteiger partial charge in [0.15, 0.2) is 0 Å². The molecule has 1 unspecified atom stereocenters. The van der Waals surface area contributed by atoms with Crippen LogP contribution in [0.2, 0.25) is 19.6 Å². The molecule has 0 aliphatic heterocycles. The molecule has 106 valence electrons. The Hall–Kier alpha value is -0.513. The van der Waals surface area contributed by atoms with Crippen molar-refractivity contribution < 1.29 is 5.11 Å². The van der Waals surface area contributed by atoms with Crippen molar-refractivity contribution in [2.75, 3.05) is 0 Å². The zero-order valence-corrected chi connectivity index (χ0v) is 14.3. The highest BCUT2D eigenvalue weighted by atomic mass is 32.2. The van der Waals surface area contributed by atoms with E-state index < -0.39 is 8.07 Å². The normalized spacial score (nSPS) is 14.5. The van der Waals surface area contributed by atoms with Gasteiger partial charge in [0, 0.05) is 4.90 Å². The van der Waals surface area contributed by atoms with Gasteiger partial charge in [-0.1, -0.05) is 69.0 Å². The number of hydrogen-bond acceptors (Lipinski definition) is 2. The number of benzene rings is 1. The highest BCUT2D eigenvalue weighted by Gasteiger charge is 2.20. The standard InChI is InChI=1S/C16H26OSSi/c1-5-9-14(17)12-13-16(19(2,3)4)18-15-10-7-6-8-11-15/h6-8,10-11,13-14,17H,5,9,12H2,1-4H3/b16-13+. The Labute approximate surface area is 123 Å². The van der Waals surface area contributed by atoms with Crippen molar-refractivity contribution in [2.24, 2.45) is 0 Å². The van der Waals surface area contributed by atoms with Gasteiger partial charge >= 0.3 is 0 Å². The molecule has 0 amide bonds. The molecule has 1 aromatic rings. The maximum Gasteiger partial charge on any atom is 0.0857 e. The average Bonchev–Trinajstić information content (AvgIpc) is 2.34. The molecule has 0 bridgehead atoms. The van der Waals surface area contributed by atoms with Crippen molar-refractivity contribution in [3.8, 4) is 0 Å². The van der Waals surface area contributed by atoms with E-state index in [9.17, 15) is 5.11 Å². The minimum atomic E-state index is -1.35. The van der Waals surface area contributed by atoms with Crippen molar-refractivity contribution in [3.63, 3.8) is 0 Å². The number of thioether (sulfide) groups is 1. The predicted molar refractivity (Wildman–Crippen MR) is 89.3 cm³/mol. The SMILES string of the molecule is CCCC(O)C/C=C(\Sc1ccccc1)[Si](C)(C)C. The van der Waals surface area contributed by atoms with E-state index in [-0.39, 0.29) is 6.10 Å².